The van der Waals surface area contributed by atoms with Crippen LogP contribution in [0.25, 0.3) is 0 Å². The Morgan fingerprint density at radius 2 is 2.29 bits per heavy atom. The number of H-pyrrole nitrogens is 1. The number of hydrogen-bond acceptors (Lipinski definition) is 1. The highest BCUT2D eigenvalue weighted by Gasteiger charge is 2.27. The van der Waals surface area contributed by atoms with Crippen molar-refractivity contribution in [3.8, 4) is 0 Å². The van der Waals surface area contributed by atoms with Crippen LogP contribution in [0.2, 0.25) is 0 Å². The minimum Gasteiger partial charge on any atom is -0.326 e. The first kappa shape index (κ1) is 8.04. The Morgan fingerprint density at radius 1 is 1.36 bits per heavy atom. The molecule has 0 spiro atoms. The monoisotopic (exact) mass is 187 g/mol. The van der Waals surface area contributed by atoms with Crippen LogP contribution in [0.1, 0.15) is 30.0 Å². The first-order valence-electron chi connectivity index (χ1n) is 5.21. The SMILES string of the molecule is O=c1ccc2c([nH]1)CC1C=CCC2C1. The highest BCUT2D eigenvalue weighted by Crippen LogP contribution is 2.39. The minimum absolute atomic E-state index is 0.0349. The lowest BCUT2D eigenvalue weighted by atomic mass is 9.74. The summed E-state index contributed by atoms with van der Waals surface area (Å²) in [4.78, 5) is 14.2. The second-order valence-electron chi connectivity index (χ2n) is 4.32. The number of hydrogen-bond donors (Lipinski definition) is 1. The van der Waals surface area contributed by atoms with Crippen molar-refractivity contribution in [2.45, 2.75) is 25.2 Å². The lowest BCUT2D eigenvalue weighted by Gasteiger charge is -2.32. The predicted octanol–water partition coefficient (Wildman–Crippen LogP) is 1.98. The van der Waals surface area contributed by atoms with Gasteiger partial charge in [-0.3, -0.25) is 4.79 Å². The van der Waals surface area contributed by atoms with Gasteiger partial charge >= 0.3 is 0 Å². The predicted molar refractivity (Wildman–Crippen MR) is 55.4 cm³/mol. The molecule has 1 N–H and O–H groups in total. The molecule has 1 heterocycles. The maximum atomic E-state index is 11.2. The molecule has 2 nitrogen and oxygen atoms in total. The summed E-state index contributed by atoms with van der Waals surface area (Å²) in [6.07, 6.45) is 7.99. The number of aromatic amines is 1. The highest BCUT2D eigenvalue weighted by molar-refractivity contribution is 5.30. The largest absolute Gasteiger partial charge is 0.326 e. The molecule has 2 bridgehead atoms. The Kier molecular flexibility index (Phi) is 1.63. The summed E-state index contributed by atoms with van der Waals surface area (Å²) < 4.78 is 0. The number of fused-ring (bicyclic) bond motifs is 4. The lowest BCUT2D eigenvalue weighted by Crippen LogP contribution is -2.23. The molecule has 2 aliphatic rings. The van der Waals surface area contributed by atoms with Crippen LogP contribution < -0.4 is 5.56 Å². The molecule has 14 heavy (non-hydrogen) atoms. The molecule has 0 aromatic carbocycles. The third kappa shape index (κ3) is 1.14. The zero-order chi connectivity index (χ0) is 9.54. The van der Waals surface area contributed by atoms with E-state index in [4.69, 9.17) is 0 Å². The van der Waals surface area contributed by atoms with Crippen LogP contribution in [0, 0.1) is 5.92 Å². The zero-order valence-electron chi connectivity index (χ0n) is 7.99. The van der Waals surface area contributed by atoms with Gasteiger partial charge in [0.1, 0.15) is 0 Å². The van der Waals surface area contributed by atoms with Crippen LogP contribution in [0.3, 0.4) is 0 Å². The van der Waals surface area contributed by atoms with Crippen molar-refractivity contribution in [3.05, 3.63) is 45.9 Å². The normalized spacial score (nSPS) is 28.6. The molecule has 0 saturated heterocycles. The Labute approximate surface area is 82.7 Å². The summed E-state index contributed by atoms with van der Waals surface area (Å²) >= 11 is 0. The van der Waals surface area contributed by atoms with Crippen molar-refractivity contribution in [2.24, 2.45) is 5.92 Å². The van der Waals surface area contributed by atoms with Gasteiger partial charge in [-0.05, 0) is 36.7 Å². The van der Waals surface area contributed by atoms with Crippen LogP contribution in [0.5, 0.6) is 0 Å². The molecule has 3 rings (SSSR count). The van der Waals surface area contributed by atoms with Gasteiger partial charge in [0.15, 0.2) is 0 Å². The molecule has 1 aromatic heterocycles. The molecule has 2 aliphatic carbocycles. The molecule has 72 valence electrons. The van der Waals surface area contributed by atoms with Crippen molar-refractivity contribution >= 4 is 0 Å². The third-order valence-corrected chi connectivity index (χ3v) is 3.36. The van der Waals surface area contributed by atoms with Gasteiger partial charge in [-0.2, -0.15) is 0 Å². The summed E-state index contributed by atoms with van der Waals surface area (Å²) in [6, 6.07) is 3.66. The maximum absolute atomic E-state index is 11.2. The fraction of sp³-hybridized carbons (Fsp3) is 0.417. The van der Waals surface area contributed by atoms with Gasteiger partial charge < -0.3 is 4.98 Å². The first-order chi connectivity index (χ1) is 6.83. The lowest BCUT2D eigenvalue weighted by molar-refractivity contribution is 0.441. The minimum atomic E-state index is 0.0349. The molecule has 0 saturated carbocycles. The molecule has 2 heteroatoms. The molecule has 2 unspecified atom stereocenters. The Balaban J connectivity index is 2.14. The van der Waals surface area contributed by atoms with Crippen LogP contribution in [-0.4, -0.2) is 4.98 Å². The quantitative estimate of drug-likeness (QED) is 0.619. The van der Waals surface area contributed by atoms with E-state index in [1.807, 2.05) is 6.07 Å². The third-order valence-electron chi connectivity index (χ3n) is 3.36. The fourth-order valence-corrected chi connectivity index (χ4v) is 2.72. The first-order valence-corrected chi connectivity index (χ1v) is 5.21. The average Bonchev–Trinajstić information content (AvgIpc) is 2.17. The van der Waals surface area contributed by atoms with E-state index in [0.717, 1.165) is 12.8 Å². The standard InChI is InChI=1S/C12H13NO/c14-12-5-4-10-9-3-1-2-8(6-9)7-11(10)13-12/h1-2,4-5,8-9H,3,6-7H2,(H,13,14). The molecule has 0 aliphatic heterocycles. The summed E-state index contributed by atoms with van der Waals surface area (Å²) in [7, 11) is 0. The van der Waals surface area contributed by atoms with Gasteiger partial charge in [0.25, 0.3) is 0 Å². The van der Waals surface area contributed by atoms with E-state index in [1.165, 1.54) is 17.7 Å². The summed E-state index contributed by atoms with van der Waals surface area (Å²) in [5.74, 6) is 1.30. The number of pyridine rings is 1. The van der Waals surface area contributed by atoms with Crippen molar-refractivity contribution in [2.75, 3.05) is 0 Å². The number of nitrogens with one attached hydrogen (secondary N) is 1. The second kappa shape index (κ2) is 2.84. The smallest absolute Gasteiger partial charge is 0.248 e. The Hall–Kier alpha value is -1.31. The highest BCUT2D eigenvalue weighted by atomic mass is 16.1. The molecule has 0 fully saturated rings. The van der Waals surface area contributed by atoms with Gasteiger partial charge in [0.2, 0.25) is 5.56 Å². The van der Waals surface area contributed by atoms with Gasteiger partial charge in [-0.1, -0.05) is 18.2 Å². The number of rotatable bonds is 0. The molecular formula is C12H13NO. The molecule has 0 radical (unpaired) electrons. The topological polar surface area (TPSA) is 32.9 Å². The molecule has 0 amide bonds. The maximum Gasteiger partial charge on any atom is 0.248 e. The van der Waals surface area contributed by atoms with Crippen molar-refractivity contribution in [1.29, 1.82) is 0 Å². The van der Waals surface area contributed by atoms with Crippen LogP contribution in [0.4, 0.5) is 0 Å². The second-order valence-corrected chi connectivity index (χ2v) is 4.32. The van der Waals surface area contributed by atoms with E-state index in [9.17, 15) is 4.79 Å². The molecule has 2 atom stereocenters. The van der Waals surface area contributed by atoms with E-state index in [0.29, 0.717) is 11.8 Å². The van der Waals surface area contributed by atoms with Gasteiger partial charge in [-0.25, -0.2) is 0 Å². The van der Waals surface area contributed by atoms with Gasteiger partial charge in [-0.15, -0.1) is 0 Å². The van der Waals surface area contributed by atoms with E-state index >= 15 is 0 Å². The molecule has 1 aromatic rings. The molecular weight excluding hydrogens is 174 g/mol. The van der Waals surface area contributed by atoms with Crippen LogP contribution in [-0.2, 0) is 6.42 Å². The van der Waals surface area contributed by atoms with Crippen molar-refractivity contribution in [1.82, 2.24) is 4.98 Å². The number of aromatic nitrogens is 1. The summed E-state index contributed by atoms with van der Waals surface area (Å²) in [6.45, 7) is 0. The zero-order valence-corrected chi connectivity index (χ0v) is 7.99. The number of allylic oxidation sites excluding steroid dienone is 2. The Bertz CT molecular complexity index is 444. The van der Waals surface area contributed by atoms with Crippen LogP contribution >= 0.6 is 0 Å². The van der Waals surface area contributed by atoms with Crippen molar-refractivity contribution in [3.63, 3.8) is 0 Å². The van der Waals surface area contributed by atoms with Crippen molar-refractivity contribution < 1.29 is 0 Å². The average molecular weight is 187 g/mol. The van der Waals surface area contributed by atoms with Gasteiger partial charge in [0, 0.05) is 11.8 Å². The van der Waals surface area contributed by atoms with Gasteiger partial charge in [0.05, 0.1) is 0 Å². The summed E-state index contributed by atoms with van der Waals surface area (Å²) in [5, 5.41) is 0. The summed E-state index contributed by atoms with van der Waals surface area (Å²) in [5.41, 5.74) is 2.57. The van der Waals surface area contributed by atoms with E-state index in [1.54, 1.807) is 6.07 Å². The fourth-order valence-electron chi connectivity index (χ4n) is 2.72. The van der Waals surface area contributed by atoms with Crippen LogP contribution in [0.15, 0.2) is 29.1 Å². The van der Waals surface area contributed by atoms with E-state index in [2.05, 4.69) is 17.1 Å². The van der Waals surface area contributed by atoms with E-state index in [-0.39, 0.29) is 5.56 Å². The van der Waals surface area contributed by atoms with E-state index < -0.39 is 0 Å². The Morgan fingerprint density at radius 3 is 3.21 bits per heavy atom.